The number of aliphatic hydroxyl groups is 1. The summed E-state index contributed by atoms with van der Waals surface area (Å²) in [7, 11) is 2.05. The lowest BCUT2D eigenvalue weighted by molar-refractivity contribution is 0.0214. The minimum Gasteiger partial charge on any atom is -0.393 e. The van der Waals surface area contributed by atoms with Crippen LogP contribution in [0.15, 0.2) is 24.3 Å². The maximum atomic E-state index is 13.2. The van der Waals surface area contributed by atoms with Crippen molar-refractivity contribution >= 4 is 0 Å². The minimum absolute atomic E-state index is 0.182. The van der Waals surface area contributed by atoms with Gasteiger partial charge in [0.05, 0.1) is 6.10 Å². The van der Waals surface area contributed by atoms with Crippen molar-refractivity contribution < 1.29 is 9.50 Å². The van der Waals surface area contributed by atoms with E-state index in [1.165, 1.54) is 6.07 Å². The molecule has 1 fully saturated rings. The molecule has 3 heteroatoms. The molecule has 1 aromatic rings. The molecule has 0 aliphatic heterocycles. The number of nitrogens with zero attached hydrogens (tertiary/aromatic N) is 1. The van der Waals surface area contributed by atoms with Gasteiger partial charge in [-0.1, -0.05) is 26.0 Å². The van der Waals surface area contributed by atoms with E-state index in [1.807, 2.05) is 6.07 Å². The van der Waals surface area contributed by atoms with Gasteiger partial charge in [-0.25, -0.2) is 4.39 Å². The number of aliphatic hydroxyl groups excluding tert-OH is 1. The molecule has 0 spiro atoms. The van der Waals surface area contributed by atoms with Crippen LogP contribution in [-0.2, 0) is 6.54 Å². The van der Waals surface area contributed by atoms with Gasteiger partial charge in [-0.2, -0.15) is 0 Å². The fraction of sp³-hybridized carbons (Fsp3) is 0.667. The highest BCUT2D eigenvalue weighted by Crippen LogP contribution is 2.34. The molecule has 3 atom stereocenters. The Morgan fingerprint density at radius 3 is 2.76 bits per heavy atom. The zero-order valence-electron chi connectivity index (χ0n) is 13.4. The van der Waals surface area contributed by atoms with E-state index in [4.69, 9.17) is 0 Å². The second-order valence-electron chi connectivity index (χ2n) is 6.97. The second-order valence-corrected chi connectivity index (χ2v) is 6.97. The molecule has 1 aromatic carbocycles. The second kappa shape index (κ2) is 7.37. The fourth-order valence-corrected chi connectivity index (χ4v) is 3.50. The molecule has 118 valence electrons. The normalized spacial score (nSPS) is 26.5. The summed E-state index contributed by atoms with van der Waals surface area (Å²) in [4.78, 5) is 2.20. The SMILES string of the molecule is CC(C)C1CCC(O)C(CN(C)Cc2cccc(F)c2)C1. The Balaban J connectivity index is 1.90. The monoisotopic (exact) mass is 293 g/mol. The first-order chi connectivity index (χ1) is 9.95. The van der Waals surface area contributed by atoms with Gasteiger partial charge in [0.15, 0.2) is 0 Å². The average Bonchev–Trinajstić information content (AvgIpc) is 2.41. The zero-order chi connectivity index (χ0) is 15.4. The smallest absolute Gasteiger partial charge is 0.123 e. The van der Waals surface area contributed by atoms with Crippen molar-refractivity contribution in [3.8, 4) is 0 Å². The molecule has 21 heavy (non-hydrogen) atoms. The molecule has 0 aromatic heterocycles. The first-order valence-corrected chi connectivity index (χ1v) is 8.06. The maximum Gasteiger partial charge on any atom is 0.123 e. The number of halogens is 1. The van der Waals surface area contributed by atoms with Crippen LogP contribution in [0.25, 0.3) is 0 Å². The van der Waals surface area contributed by atoms with Crippen LogP contribution in [0, 0.1) is 23.6 Å². The van der Waals surface area contributed by atoms with Crippen LogP contribution < -0.4 is 0 Å². The van der Waals surface area contributed by atoms with E-state index in [-0.39, 0.29) is 11.9 Å². The molecule has 2 nitrogen and oxygen atoms in total. The van der Waals surface area contributed by atoms with E-state index >= 15 is 0 Å². The van der Waals surface area contributed by atoms with Crippen molar-refractivity contribution in [2.75, 3.05) is 13.6 Å². The van der Waals surface area contributed by atoms with E-state index in [9.17, 15) is 9.50 Å². The topological polar surface area (TPSA) is 23.5 Å². The van der Waals surface area contributed by atoms with Crippen molar-refractivity contribution in [1.29, 1.82) is 0 Å². The van der Waals surface area contributed by atoms with Crippen LogP contribution in [-0.4, -0.2) is 29.7 Å². The van der Waals surface area contributed by atoms with E-state index in [1.54, 1.807) is 12.1 Å². The predicted molar refractivity (Wildman–Crippen MR) is 84.4 cm³/mol. The summed E-state index contributed by atoms with van der Waals surface area (Å²) in [6.45, 7) is 6.15. The van der Waals surface area contributed by atoms with Gasteiger partial charge in [-0.05, 0) is 61.8 Å². The van der Waals surface area contributed by atoms with Crippen LogP contribution >= 0.6 is 0 Å². The fourth-order valence-electron chi connectivity index (χ4n) is 3.50. The standard InChI is InChI=1S/C18H28FNO/c1-13(2)15-7-8-18(21)16(10-15)12-20(3)11-14-5-4-6-17(19)9-14/h4-6,9,13,15-16,18,21H,7-8,10-12H2,1-3H3. The molecular formula is C18H28FNO. The molecule has 1 aliphatic rings. The van der Waals surface area contributed by atoms with Gasteiger partial charge >= 0.3 is 0 Å². The minimum atomic E-state index is -0.185. The Bertz CT molecular complexity index is 449. The largest absolute Gasteiger partial charge is 0.393 e. The third-order valence-corrected chi connectivity index (χ3v) is 4.81. The zero-order valence-corrected chi connectivity index (χ0v) is 13.4. The number of hydrogen-bond donors (Lipinski definition) is 1. The third kappa shape index (κ3) is 4.79. The van der Waals surface area contributed by atoms with E-state index < -0.39 is 0 Å². The molecule has 1 saturated carbocycles. The van der Waals surface area contributed by atoms with Crippen molar-refractivity contribution in [2.45, 2.75) is 45.8 Å². The van der Waals surface area contributed by atoms with Crippen LogP contribution in [0.2, 0.25) is 0 Å². The van der Waals surface area contributed by atoms with Crippen molar-refractivity contribution in [3.63, 3.8) is 0 Å². The molecule has 0 amide bonds. The highest BCUT2D eigenvalue weighted by molar-refractivity contribution is 5.16. The van der Waals surface area contributed by atoms with E-state index in [0.29, 0.717) is 11.8 Å². The lowest BCUT2D eigenvalue weighted by atomic mass is 9.74. The summed E-state index contributed by atoms with van der Waals surface area (Å²) < 4.78 is 13.2. The molecule has 0 bridgehead atoms. The highest BCUT2D eigenvalue weighted by Gasteiger charge is 2.31. The first kappa shape index (κ1) is 16.4. The van der Waals surface area contributed by atoms with Gasteiger partial charge in [-0.3, -0.25) is 0 Å². The van der Waals surface area contributed by atoms with Crippen molar-refractivity contribution in [3.05, 3.63) is 35.6 Å². The molecule has 1 N–H and O–H groups in total. The van der Waals surface area contributed by atoms with Gasteiger partial charge in [0, 0.05) is 13.1 Å². The summed E-state index contributed by atoms with van der Waals surface area (Å²) in [5.74, 6) is 1.57. The van der Waals surface area contributed by atoms with Gasteiger partial charge in [0.25, 0.3) is 0 Å². The van der Waals surface area contributed by atoms with Gasteiger partial charge in [0.2, 0.25) is 0 Å². The van der Waals surface area contributed by atoms with Gasteiger partial charge in [-0.15, -0.1) is 0 Å². The van der Waals surface area contributed by atoms with E-state index in [2.05, 4.69) is 25.8 Å². The number of rotatable bonds is 5. The third-order valence-electron chi connectivity index (χ3n) is 4.81. The first-order valence-electron chi connectivity index (χ1n) is 8.06. The van der Waals surface area contributed by atoms with Crippen molar-refractivity contribution in [1.82, 2.24) is 4.90 Å². The Morgan fingerprint density at radius 2 is 2.10 bits per heavy atom. The Kier molecular flexibility index (Phi) is 5.77. The van der Waals surface area contributed by atoms with Crippen molar-refractivity contribution in [2.24, 2.45) is 17.8 Å². The summed E-state index contributed by atoms with van der Waals surface area (Å²) in [5, 5.41) is 10.2. The number of hydrogen-bond acceptors (Lipinski definition) is 2. The summed E-state index contributed by atoms with van der Waals surface area (Å²) in [6, 6.07) is 6.77. The van der Waals surface area contributed by atoms with Crippen LogP contribution in [0.4, 0.5) is 4.39 Å². The average molecular weight is 293 g/mol. The lowest BCUT2D eigenvalue weighted by Gasteiger charge is -2.37. The van der Waals surface area contributed by atoms with Gasteiger partial charge < -0.3 is 10.0 Å². The molecule has 1 aliphatic carbocycles. The Hall–Kier alpha value is -0.930. The Morgan fingerprint density at radius 1 is 1.33 bits per heavy atom. The van der Waals surface area contributed by atoms with Crippen LogP contribution in [0.1, 0.15) is 38.7 Å². The van der Waals surface area contributed by atoms with Gasteiger partial charge in [0.1, 0.15) is 5.82 Å². The quantitative estimate of drug-likeness (QED) is 0.895. The highest BCUT2D eigenvalue weighted by atomic mass is 19.1. The van der Waals surface area contributed by atoms with E-state index in [0.717, 1.165) is 43.8 Å². The molecular weight excluding hydrogens is 265 g/mol. The molecule has 2 rings (SSSR count). The molecule has 0 saturated heterocycles. The summed E-state index contributed by atoms with van der Waals surface area (Å²) >= 11 is 0. The Labute approximate surface area is 128 Å². The summed E-state index contributed by atoms with van der Waals surface area (Å²) in [6.07, 6.45) is 2.98. The van der Waals surface area contributed by atoms with Crippen LogP contribution in [0.3, 0.4) is 0 Å². The number of benzene rings is 1. The molecule has 0 radical (unpaired) electrons. The molecule has 3 unspecified atom stereocenters. The van der Waals surface area contributed by atoms with Crippen LogP contribution in [0.5, 0.6) is 0 Å². The molecule has 0 heterocycles. The maximum absolute atomic E-state index is 13.2. The predicted octanol–water partition coefficient (Wildman–Crippen LogP) is 3.69. The summed E-state index contributed by atoms with van der Waals surface area (Å²) in [5.41, 5.74) is 0.989. The lowest BCUT2D eigenvalue weighted by Crippen LogP contribution is -2.38.